The van der Waals surface area contributed by atoms with E-state index in [-0.39, 0.29) is 29.4 Å². The predicted octanol–water partition coefficient (Wildman–Crippen LogP) is -0.181. The van der Waals surface area contributed by atoms with Crippen molar-refractivity contribution in [3.8, 4) is 5.75 Å². The van der Waals surface area contributed by atoms with Gasteiger partial charge in [0, 0.05) is 18.0 Å². The van der Waals surface area contributed by atoms with Crippen LogP contribution in [0, 0.1) is 5.82 Å². The van der Waals surface area contributed by atoms with Crippen LogP contribution in [0.1, 0.15) is 55.6 Å². The average Bonchev–Trinajstić information content (AvgIpc) is 2.67. The third-order valence-electron chi connectivity index (χ3n) is 5.65. The molecule has 1 aliphatic rings. The first-order chi connectivity index (χ1) is 13.4. The molecule has 1 atom stereocenters. The molecule has 1 unspecified atom stereocenters. The van der Waals surface area contributed by atoms with E-state index in [9.17, 15) is 19.1 Å². The van der Waals surface area contributed by atoms with Crippen LogP contribution in [0.2, 0.25) is 0 Å². The lowest BCUT2D eigenvalue weighted by Crippen LogP contribution is -3.00. The van der Waals surface area contributed by atoms with Crippen molar-refractivity contribution in [3.63, 3.8) is 0 Å². The Kier molecular flexibility index (Phi) is 7.66. The summed E-state index contributed by atoms with van der Waals surface area (Å²) in [6.07, 6.45) is 2.05. The summed E-state index contributed by atoms with van der Waals surface area (Å²) in [6, 6.07) is 2.47. The number of aromatic nitrogens is 1. The van der Waals surface area contributed by atoms with Crippen LogP contribution < -0.4 is 23.3 Å². The van der Waals surface area contributed by atoms with E-state index in [0.717, 1.165) is 26.1 Å². The van der Waals surface area contributed by atoms with E-state index >= 15 is 0 Å². The van der Waals surface area contributed by atoms with Gasteiger partial charge in [0.25, 0.3) is 11.5 Å². The van der Waals surface area contributed by atoms with E-state index in [2.05, 4.69) is 24.1 Å². The van der Waals surface area contributed by atoms with Crippen molar-refractivity contribution in [2.75, 3.05) is 26.2 Å². The number of hydrogen-bond donors (Lipinski definition) is 2. The Bertz CT molecular complexity index is 957. The summed E-state index contributed by atoms with van der Waals surface area (Å²) in [6.45, 7) is 9.17. The molecular weight excluding hydrogens is 397 g/mol. The first kappa shape index (κ1) is 23.2. The Hall–Kier alpha value is -2.12. The van der Waals surface area contributed by atoms with E-state index < -0.39 is 23.0 Å². The van der Waals surface area contributed by atoms with Crippen LogP contribution in [0.5, 0.6) is 5.75 Å². The number of nitrogens with one attached hydrogen (secondary N) is 1. The Morgan fingerprint density at radius 1 is 1.34 bits per heavy atom. The van der Waals surface area contributed by atoms with Crippen molar-refractivity contribution in [1.29, 1.82) is 0 Å². The topological polar surface area (TPSA) is 74.6 Å². The van der Waals surface area contributed by atoms with E-state index in [0.29, 0.717) is 30.5 Å². The second-order valence-corrected chi connectivity index (χ2v) is 7.38. The van der Waals surface area contributed by atoms with Gasteiger partial charge < -0.3 is 32.3 Å². The lowest BCUT2D eigenvalue weighted by Gasteiger charge is -2.26. The minimum atomic E-state index is -0.615. The Morgan fingerprint density at radius 3 is 2.69 bits per heavy atom. The van der Waals surface area contributed by atoms with Gasteiger partial charge in [-0.2, -0.15) is 0 Å². The molecule has 6 nitrogen and oxygen atoms in total. The Morgan fingerprint density at radius 2 is 2.03 bits per heavy atom. The highest BCUT2D eigenvalue weighted by Crippen LogP contribution is 2.35. The van der Waals surface area contributed by atoms with Crippen LogP contribution in [-0.4, -0.2) is 46.7 Å². The monoisotopic (exact) mass is 424 g/mol. The maximum absolute atomic E-state index is 14.0. The molecule has 0 spiro atoms. The molecule has 3 rings (SSSR count). The second kappa shape index (κ2) is 9.59. The molecule has 0 radical (unpaired) electrons. The Balaban J connectivity index is 0.00000300. The summed E-state index contributed by atoms with van der Waals surface area (Å²) < 4.78 is 15.6. The van der Waals surface area contributed by atoms with Crippen LogP contribution in [-0.2, 0) is 6.42 Å². The van der Waals surface area contributed by atoms with Crippen LogP contribution >= 0.6 is 0 Å². The van der Waals surface area contributed by atoms with Crippen molar-refractivity contribution in [2.45, 2.75) is 46.1 Å². The fourth-order valence-corrected chi connectivity index (χ4v) is 4.02. The highest BCUT2D eigenvalue weighted by Gasteiger charge is 2.28. The van der Waals surface area contributed by atoms with Gasteiger partial charge in [0.15, 0.2) is 0 Å². The van der Waals surface area contributed by atoms with Crippen molar-refractivity contribution in [2.24, 2.45) is 0 Å². The highest BCUT2D eigenvalue weighted by atomic mass is 35.5. The molecule has 160 valence electrons. The SMILES string of the molecule is CCN(CC)CCCNC(=O)c1c(O)c2cc(F)cc3c2n(c1=O)C(C)CC3.[Cl-]. The predicted molar refractivity (Wildman–Crippen MR) is 108 cm³/mol. The quantitative estimate of drug-likeness (QED) is 0.605. The van der Waals surface area contributed by atoms with Crippen molar-refractivity contribution in [3.05, 3.63) is 39.4 Å². The molecule has 8 heteroatoms. The van der Waals surface area contributed by atoms with E-state index in [4.69, 9.17) is 0 Å². The first-order valence-corrected chi connectivity index (χ1v) is 9.99. The molecule has 0 saturated heterocycles. The van der Waals surface area contributed by atoms with E-state index in [1.165, 1.54) is 16.7 Å². The van der Waals surface area contributed by atoms with Crippen LogP contribution in [0.3, 0.4) is 0 Å². The maximum atomic E-state index is 14.0. The number of aryl methyl sites for hydroxylation is 1. The summed E-state index contributed by atoms with van der Waals surface area (Å²) in [5.74, 6) is -1.54. The summed E-state index contributed by atoms with van der Waals surface area (Å²) in [7, 11) is 0. The van der Waals surface area contributed by atoms with Crippen molar-refractivity contribution >= 4 is 16.8 Å². The molecule has 0 bridgehead atoms. The number of nitrogens with zero attached hydrogens (tertiary/aromatic N) is 2. The second-order valence-electron chi connectivity index (χ2n) is 7.38. The van der Waals surface area contributed by atoms with E-state index in [1.807, 2.05) is 6.92 Å². The smallest absolute Gasteiger partial charge is 0.267 e. The van der Waals surface area contributed by atoms with Gasteiger partial charge in [-0.25, -0.2) is 4.39 Å². The van der Waals surface area contributed by atoms with Gasteiger partial charge in [-0.15, -0.1) is 0 Å². The molecule has 2 aromatic rings. The van der Waals surface area contributed by atoms with Gasteiger partial charge in [0.05, 0.1) is 5.52 Å². The maximum Gasteiger partial charge on any atom is 0.267 e. The third kappa shape index (κ3) is 4.41. The number of benzene rings is 1. The van der Waals surface area contributed by atoms with Gasteiger partial charge in [-0.1, -0.05) is 13.8 Å². The zero-order valence-corrected chi connectivity index (χ0v) is 17.9. The standard InChI is InChI=1S/C21H28FN3O3.ClH/c1-4-24(5-2)10-6-9-23-20(27)17-19(26)16-12-15(22)11-14-8-7-13(3)25(18(14)16)21(17)28;/h11-13,26H,4-10H2,1-3H3,(H,23,27);1H/p-1. The highest BCUT2D eigenvalue weighted by molar-refractivity contribution is 6.03. The molecule has 1 aliphatic heterocycles. The van der Waals surface area contributed by atoms with E-state index in [1.54, 1.807) is 0 Å². The van der Waals surface area contributed by atoms with Gasteiger partial charge >= 0.3 is 0 Å². The number of hydrogen-bond acceptors (Lipinski definition) is 4. The summed E-state index contributed by atoms with van der Waals surface area (Å²) in [5.41, 5.74) is 0.388. The normalized spacial score (nSPS) is 15.4. The number of pyridine rings is 1. The molecule has 2 heterocycles. The Labute approximate surface area is 176 Å². The summed E-state index contributed by atoms with van der Waals surface area (Å²) in [5, 5.41) is 13.6. The number of rotatable bonds is 7. The zero-order chi connectivity index (χ0) is 20.4. The lowest BCUT2D eigenvalue weighted by atomic mass is 9.95. The largest absolute Gasteiger partial charge is 1.00 e. The number of carbonyl (C=O) groups excluding carboxylic acids is 1. The molecule has 0 saturated carbocycles. The molecule has 0 aliphatic carbocycles. The molecule has 2 N–H and O–H groups in total. The number of halogens is 2. The zero-order valence-electron chi connectivity index (χ0n) is 17.1. The fourth-order valence-electron chi connectivity index (χ4n) is 4.02. The summed E-state index contributed by atoms with van der Waals surface area (Å²) >= 11 is 0. The van der Waals surface area contributed by atoms with Crippen LogP contribution in [0.4, 0.5) is 4.39 Å². The van der Waals surface area contributed by atoms with Gasteiger partial charge in [0.2, 0.25) is 0 Å². The molecule has 1 amide bonds. The summed E-state index contributed by atoms with van der Waals surface area (Å²) in [4.78, 5) is 28.0. The average molecular weight is 425 g/mol. The number of amides is 1. The van der Waals surface area contributed by atoms with Gasteiger partial charge in [-0.05, 0) is 63.5 Å². The first-order valence-electron chi connectivity index (χ1n) is 9.99. The van der Waals surface area contributed by atoms with Crippen molar-refractivity contribution in [1.82, 2.24) is 14.8 Å². The molecule has 1 aromatic carbocycles. The molecular formula is C21H28ClFN3O3-. The van der Waals surface area contributed by atoms with Gasteiger partial charge in [0.1, 0.15) is 17.1 Å². The van der Waals surface area contributed by atoms with Crippen LogP contribution in [0.25, 0.3) is 10.9 Å². The molecule has 29 heavy (non-hydrogen) atoms. The minimum absolute atomic E-state index is 0. The fraction of sp³-hybridized carbons (Fsp3) is 0.524. The lowest BCUT2D eigenvalue weighted by molar-refractivity contribution is -0.0000165. The van der Waals surface area contributed by atoms with Crippen molar-refractivity contribution < 1.29 is 26.7 Å². The van der Waals surface area contributed by atoms with Gasteiger partial charge in [-0.3, -0.25) is 9.59 Å². The third-order valence-corrected chi connectivity index (χ3v) is 5.65. The minimum Gasteiger partial charge on any atom is -1.00 e. The number of aromatic hydroxyl groups is 1. The molecule has 0 fully saturated rings. The van der Waals surface area contributed by atoms with Crippen LogP contribution in [0.15, 0.2) is 16.9 Å². The number of carbonyl (C=O) groups is 1. The molecule has 1 aromatic heterocycles.